The van der Waals surface area contributed by atoms with Crippen LogP contribution in [0.5, 0.6) is 0 Å². The lowest BCUT2D eigenvalue weighted by Crippen LogP contribution is -2.36. The highest BCUT2D eigenvalue weighted by atomic mass is 19.1. The Labute approximate surface area is 143 Å². The minimum atomic E-state index is -0.187. The monoisotopic (exact) mass is 325 g/mol. The Hall–Kier alpha value is -1.87. The highest BCUT2D eigenvalue weighted by Gasteiger charge is 2.39. The van der Waals surface area contributed by atoms with Crippen LogP contribution in [-0.4, -0.2) is 6.61 Å². The van der Waals surface area contributed by atoms with Gasteiger partial charge in [0.15, 0.2) is 0 Å². The Balaban J connectivity index is 1.75. The van der Waals surface area contributed by atoms with E-state index in [1.807, 2.05) is 12.1 Å². The number of fused-ring (bicyclic) bond motifs is 3. The van der Waals surface area contributed by atoms with Gasteiger partial charge in [-0.25, -0.2) is 4.39 Å². The normalized spacial score (nSPS) is 25.8. The summed E-state index contributed by atoms with van der Waals surface area (Å²) in [6.07, 6.45) is 2.34. The molecule has 24 heavy (non-hydrogen) atoms. The van der Waals surface area contributed by atoms with Gasteiger partial charge in [-0.05, 0) is 48.1 Å². The van der Waals surface area contributed by atoms with Gasteiger partial charge in [-0.2, -0.15) is 0 Å². The van der Waals surface area contributed by atoms with E-state index in [4.69, 9.17) is 4.74 Å². The average molecular weight is 325 g/mol. The third-order valence-electron chi connectivity index (χ3n) is 5.39. The zero-order chi connectivity index (χ0) is 16.7. The fraction of sp³-hybridized carbons (Fsp3) is 0.429. The van der Waals surface area contributed by atoms with E-state index in [0.717, 1.165) is 30.7 Å². The van der Waals surface area contributed by atoms with Crippen molar-refractivity contribution >= 4 is 5.69 Å². The van der Waals surface area contributed by atoms with Gasteiger partial charge in [0.1, 0.15) is 5.82 Å². The van der Waals surface area contributed by atoms with Crippen molar-refractivity contribution in [3.8, 4) is 0 Å². The van der Waals surface area contributed by atoms with Crippen molar-refractivity contribution in [2.75, 3.05) is 11.9 Å². The number of benzene rings is 2. The van der Waals surface area contributed by atoms with Crippen molar-refractivity contribution in [3.05, 3.63) is 65.0 Å². The molecule has 0 bridgehead atoms. The molecule has 0 radical (unpaired) electrons. The predicted molar refractivity (Wildman–Crippen MR) is 94.7 cm³/mol. The van der Waals surface area contributed by atoms with Gasteiger partial charge >= 0.3 is 0 Å². The maximum atomic E-state index is 13.3. The molecule has 2 aromatic rings. The summed E-state index contributed by atoms with van der Waals surface area (Å²) in [5.41, 5.74) is 4.92. The Bertz CT molecular complexity index is 725. The maximum absolute atomic E-state index is 13.3. The first-order chi connectivity index (χ1) is 11.6. The predicted octanol–water partition coefficient (Wildman–Crippen LogP) is 5.58. The van der Waals surface area contributed by atoms with Crippen LogP contribution in [0.4, 0.5) is 10.1 Å². The molecular formula is C21H24FNO. The quantitative estimate of drug-likeness (QED) is 0.778. The fourth-order valence-corrected chi connectivity index (χ4v) is 4.05. The Morgan fingerprint density at radius 2 is 1.92 bits per heavy atom. The summed E-state index contributed by atoms with van der Waals surface area (Å²) < 4.78 is 19.5. The van der Waals surface area contributed by atoms with Crippen LogP contribution < -0.4 is 5.32 Å². The minimum Gasteiger partial charge on any atom is -0.378 e. The summed E-state index contributed by atoms with van der Waals surface area (Å²) in [5, 5.41) is 3.70. The second kappa shape index (κ2) is 6.21. The Kier molecular flexibility index (Phi) is 4.05. The lowest BCUT2D eigenvalue weighted by molar-refractivity contribution is -0.0381. The zero-order valence-electron chi connectivity index (χ0n) is 14.3. The molecule has 2 aliphatic rings. The van der Waals surface area contributed by atoms with E-state index in [1.165, 1.54) is 11.1 Å². The molecule has 1 fully saturated rings. The van der Waals surface area contributed by atoms with Crippen LogP contribution in [0, 0.1) is 11.7 Å². The summed E-state index contributed by atoms with van der Waals surface area (Å²) in [6, 6.07) is 13.7. The fourth-order valence-electron chi connectivity index (χ4n) is 4.05. The molecule has 1 N–H and O–H groups in total. The number of ether oxygens (including phenoxy) is 1. The standard InChI is InChI=1S/C21H24FNO/c1-13(2)15-7-10-19-18(12-15)21-17(4-3-11-24-21)20(23-19)14-5-8-16(22)9-6-14/h5-10,12-13,17,20-21,23H,3-4,11H2,1-2H3. The molecule has 2 heterocycles. The first-order valence-corrected chi connectivity index (χ1v) is 8.91. The SMILES string of the molecule is CC(C)c1ccc2c(c1)C1OCCCC1C(c1ccc(F)cc1)N2. The lowest BCUT2D eigenvalue weighted by Gasteiger charge is -2.43. The largest absolute Gasteiger partial charge is 0.378 e. The summed E-state index contributed by atoms with van der Waals surface area (Å²) >= 11 is 0. The van der Waals surface area contributed by atoms with Crippen LogP contribution in [0.3, 0.4) is 0 Å². The third kappa shape index (κ3) is 2.71. The number of halogens is 1. The molecular weight excluding hydrogens is 301 g/mol. The average Bonchev–Trinajstić information content (AvgIpc) is 2.61. The Morgan fingerprint density at radius 3 is 2.67 bits per heavy atom. The van der Waals surface area contributed by atoms with Crippen LogP contribution >= 0.6 is 0 Å². The minimum absolute atomic E-state index is 0.128. The van der Waals surface area contributed by atoms with Crippen molar-refractivity contribution < 1.29 is 9.13 Å². The van der Waals surface area contributed by atoms with E-state index in [1.54, 1.807) is 12.1 Å². The van der Waals surface area contributed by atoms with Crippen LogP contribution in [0.15, 0.2) is 42.5 Å². The van der Waals surface area contributed by atoms with Crippen molar-refractivity contribution in [3.63, 3.8) is 0 Å². The summed E-state index contributed by atoms with van der Waals surface area (Å²) in [4.78, 5) is 0. The molecule has 126 valence electrons. The number of hydrogen-bond donors (Lipinski definition) is 1. The van der Waals surface area contributed by atoms with Gasteiger partial charge in [0.2, 0.25) is 0 Å². The van der Waals surface area contributed by atoms with E-state index in [-0.39, 0.29) is 18.0 Å². The number of rotatable bonds is 2. The highest BCUT2D eigenvalue weighted by molar-refractivity contribution is 5.58. The number of nitrogens with one attached hydrogen (secondary N) is 1. The van der Waals surface area contributed by atoms with Gasteiger partial charge in [-0.3, -0.25) is 0 Å². The number of hydrogen-bond acceptors (Lipinski definition) is 2. The van der Waals surface area contributed by atoms with Crippen molar-refractivity contribution in [2.24, 2.45) is 5.92 Å². The molecule has 0 spiro atoms. The van der Waals surface area contributed by atoms with Gasteiger partial charge in [0.25, 0.3) is 0 Å². The summed E-state index contributed by atoms with van der Waals surface area (Å²) in [7, 11) is 0. The number of anilines is 1. The molecule has 2 nitrogen and oxygen atoms in total. The van der Waals surface area contributed by atoms with Crippen LogP contribution in [0.2, 0.25) is 0 Å². The van der Waals surface area contributed by atoms with Gasteiger partial charge in [-0.15, -0.1) is 0 Å². The van der Waals surface area contributed by atoms with Gasteiger partial charge in [0, 0.05) is 23.8 Å². The zero-order valence-corrected chi connectivity index (χ0v) is 14.3. The van der Waals surface area contributed by atoms with E-state index >= 15 is 0 Å². The molecule has 2 aromatic carbocycles. The van der Waals surface area contributed by atoms with Crippen LogP contribution in [-0.2, 0) is 4.74 Å². The molecule has 0 aromatic heterocycles. The van der Waals surface area contributed by atoms with E-state index in [0.29, 0.717) is 11.8 Å². The van der Waals surface area contributed by atoms with Crippen molar-refractivity contribution in [1.82, 2.24) is 0 Å². The van der Waals surface area contributed by atoms with Crippen LogP contribution in [0.25, 0.3) is 0 Å². The molecule has 1 saturated heterocycles. The van der Waals surface area contributed by atoms with E-state index in [9.17, 15) is 4.39 Å². The molecule has 2 aliphatic heterocycles. The summed E-state index contributed by atoms with van der Waals surface area (Å²) in [6.45, 7) is 5.26. The van der Waals surface area contributed by atoms with Crippen molar-refractivity contribution in [2.45, 2.75) is 44.8 Å². The van der Waals surface area contributed by atoms with Crippen molar-refractivity contribution in [1.29, 1.82) is 0 Å². The molecule has 0 amide bonds. The van der Waals surface area contributed by atoms with Gasteiger partial charge in [0.05, 0.1) is 12.1 Å². The smallest absolute Gasteiger partial charge is 0.123 e. The third-order valence-corrected chi connectivity index (χ3v) is 5.39. The topological polar surface area (TPSA) is 21.3 Å². The maximum Gasteiger partial charge on any atom is 0.123 e. The highest BCUT2D eigenvalue weighted by Crippen LogP contribution is 2.49. The second-order valence-electron chi connectivity index (χ2n) is 7.27. The Morgan fingerprint density at radius 1 is 1.12 bits per heavy atom. The van der Waals surface area contributed by atoms with Gasteiger partial charge in [-0.1, -0.05) is 38.1 Å². The van der Waals surface area contributed by atoms with Gasteiger partial charge < -0.3 is 10.1 Å². The molecule has 3 atom stereocenters. The molecule has 3 heteroatoms. The van der Waals surface area contributed by atoms with E-state index in [2.05, 4.69) is 37.4 Å². The van der Waals surface area contributed by atoms with E-state index < -0.39 is 0 Å². The molecule has 0 aliphatic carbocycles. The molecule has 0 saturated carbocycles. The first kappa shape index (κ1) is 15.6. The second-order valence-corrected chi connectivity index (χ2v) is 7.27. The molecule has 3 unspecified atom stereocenters. The lowest BCUT2D eigenvalue weighted by atomic mass is 9.77. The summed E-state index contributed by atoms with van der Waals surface area (Å²) in [5.74, 6) is 0.708. The molecule has 4 rings (SSSR count). The van der Waals surface area contributed by atoms with Crippen LogP contribution in [0.1, 0.15) is 61.4 Å². The first-order valence-electron chi connectivity index (χ1n) is 8.91.